The van der Waals surface area contributed by atoms with Crippen LogP contribution in [0.3, 0.4) is 0 Å². The molecule has 106 valence electrons. The van der Waals surface area contributed by atoms with E-state index in [1.807, 2.05) is 19.1 Å². The van der Waals surface area contributed by atoms with Crippen molar-refractivity contribution in [1.82, 2.24) is 5.32 Å². The van der Waals surface area contributed by atoms with Gasteiger partial charge in [0.2, 0.25) is 0 Å². The van der Waals surface area contributed by atoms with Crippen molar-refractivity contribution in [2.45, 2.75) is 45.3 Å². The van der Waals surface area contributed by atoms with E-state index in [1.165, 1.54) is 5.56 Å². The Hall–Kier alpha value is -1.06. The summed E-state index contributed by atoms with van der Waals surface area (Å²) in [4.78, 5) is 0. The highest BCUT2D eigenvalue weighted by atomic mass is 16.5. The summed E-state index contributed by atoms with van der Waals surface area (Å²) in [5, 5.41) is 3.57. The summed E-state index contributed by atoms with van der Waals surface area (Å²) >= 11 is 0. The van der Waals surface area contributed by atoms with Gasteiger partial charge in [-0.15, -0.1) is 0 Å². The van der Waals surface area contributed by atoms with Gasteiger partial charge in [-0.3, -0.25) is 0 Å². The zero-order valence-corrected chi connectivity index (χ0v) is 12.2. The zero-order chi connectivity index (χ0) is 13.7. The summed E-state index contributed by atoms with van der Waals surface area (Å²) in [7, 11) is 0. The van der Waals surface area contributed by atoms with Crippen LogP contribution in [0.15, 0.2) is 24.3 Å². The Morgan fingerprint density at radius 3 is 2.58 bits per heavy atom. The topological polar surface area (TPSA) is 30.5 Å². The standard InChI is InChI=1S/C16H25NO2/c1-4-17-15(16(3)11-6-12-19-16)13-7-9-14(10-8-13)18-5-2/h7-10,15,17H,4-6,11-12H2,1-3H3. The van der Waals surface area contributed by atoms with Crippen molar-refractivity contribution in [2.24, 2.45) is 0 Å². The summed E-state index contributed by atoms with van der Waals surface area (Å²) in [6.45, 7) is 8.87. The number of rotatable bonds is 6. The maximum absolute atomic E-state index is 5.99. The van der Waals surface area contributed by atoms with E-state index in [0.717, 1.165) is 31.7 Å². The van der Waals surface area contributed by atoms with Gasteiger partial charge in [-0.25, -0.2) is 0 Å². The fourth-order valence-electron chi connectivity index (χ4n) is 2.84. The van der Waals surface area contributed by atoms with Gasteiger partial charge in [0.25, 0.3) is 0 Å². The van der Waals surface area contributed by atoms with Crippen molar-refractivity contribution in [3.05, 3.63) is 29.8 Å². The minimum absolute atomic E-state index is 0.0941. The third-order valence-corrected chi connectivity index (χ3v) is 3.79. The monoisotopic (exact) mass is 263 g/mol. The van der Waals surface area contributed by atoms with Gasteiger partial charge in [-0.1, -0.05) is 19.1 Å². The fraction of sp³-hybridized carbons (Fsp3) is 0.625. The molecule has 1 saturated heterocycles. The average molecular weight is 263 g/mol. The van der Waals surface area contributed by atoms with Crippen LogP contribution >= 0.6 is 0 Å². The molecule has 0 radical (unpaired) electrons. The molecule has 1 aromatic carbocycles. The largest absolute Gasteiger partial charge is 0.494 e. The fourth-order valence-corrected chi connectivity index (χ4v) is 2.84. The first kappa shape index (κ1) is 14.4. The van der Waals surface area contributed by atoms with Crippen molar-refractivity contribution in [2.75, 3.05) is 19.8 Å². The van der Waals surface area contributed by atoms with Crippen LogP contribution in [-0.2, 0) is 4.74 Å². The third-order valence-electron chi connectivity index (χ3n) is 3.79. The Kier molecular flexibility index (Phi) is 4.83. The first-order valence-electron chi connectivity index (χ1n) is 7.29. The maximum atomic E-state index is 5.99. The van der Waals surface area contributed by atoms with Gasteiger partial charge in [0.1, 0.15) is 5.75 Å². The first-order valence-corrected chi connectivity index (χ1v) is 7.29. The van der Waals surface area contributed by atoms with Crippen molar-refractivity contribution in [3.63, 3.8) is 0 Å². The molecule has 1 fully saturated rings. The van der Waals surface area contributed by atoms with E-state index in [2.05, 4.69) is 31.3 Å². The molecule has 1 aliphatic rings. The molecule has 0 saturated carbocycles. The van der Waals surface area contributed by atoms with Gasteiger partial charge < -0.3 is 14.8 Å². The van der Waals surface area contributed by atoms with Gasteiger partial charge in [-0.2, -0.15) is 0 Å². The van der Waals surface area contributed by atoms with Crippen LogP contribution in [0.5, 0.6) is 5.75 Å². The Balaban J connectivity index is 2.18. The van der Waals surface area contributed by atoms with E-state index in [-0.39, 0.29) is 11.6 Å². The molecular formula is C16H25NO2. The second-order valence-electron chi connectivity index (χ2n) is 5.26. The third kappa shape index (κ3) is 3.28. The van der Waals surface area contributed by atoms with Gasteiger partial charge in [-0.05, 0) is 50.9 Å². The first-order chi connectivity index (χ1) is 9.19. The molecule has 2 atom stereocenters. The number of hydrogen-bond acceptors (Lipinski definition) is 3. The molecule has 3 nitrogen and oxygen atoms in total. The molecule has 3 heteroatoms. The van der Waals surface area contributed by atoms with Crippen LogP contribution in [0.25, 0.3) is 0 Å². The summed E-state index contributed by atoms with van der Waals surface area (Å²) in [5.41, 5.74) is 1.18. The Labute approximate surface area is 116 Å². The zero-order valence-electron chi connectivity index (χ0n) is 12.2. The molecule has 1 aromatic rings. The van der Waals surface area contributed by atoms with Gasteiger partial charge in [0.15, 0.2) is 0 Å². The van der Waals surface area contributed by atoms with Crippen molar-refractivity contribution >= 4 is 0 Å². The second-order valence-corrected chi connectivity index (χ2v) is 5.26. The molecule has 2 unspecified atom stereocenters. The highest BCUT2D eigenvalue weighted by Crippen LogP contribution is 2.37. The summed E-state index contributed by atoms with van der Waals surface area (Å²) in [6.07, 6.45) is 2.26. The number of ether oxygens (including phenoxy) is 2. The summed E-state index contributed by atoms with van der Waals surface area (Å²) in [6, 6.07) is 8.62. The van der Waals surface area contributed by atoms with Crippen molar-refractivity contribution in [3.8, 4) is 5.75 Å². The van der Waals surface area contributed by atoms with Crippen molar-refractivity contribution in [1.29, 1.82) is 0 Å². The highest BCUT2D eigenvalue weighted by Gasteiger charge is 2.38. The number of benzene rings is 1. The molecule has 0 bridgehead atoms. The van der Waals surface area contributed by atoms with E-state index in [1.54, 1.807) is 0 Å². The molecule has 0 aliphatic carbocycles. The van der Waals surface area contributed by atoms with Crippen LogP contribution in [0.2, 0.25) is 0 Å². The summed E-state index contributed by atoms with van der Waals surface area (Å²) in [5.74, 6) is 0.930. The molecule has 1 heterocycles. The van der Waals surface area contributed by atoms with Crippen LogP contribution in [-0.4, -0.2) is 25.4 Å². The second kappa shape index (κ2) is 6.40. The van der Waals surface area contributed by atoms with Crippen LogP contribution in [0, 0.1) is 0 Å². The predicted octanol–water partition coefficient (Wildman–Crippen LogP) is 3.31. The van der Waals surface area contributed by atoms with Crippen LogP contribution in [0.1, 0.15) is 45.2 Å². The van der Waals surface area contributed by atoms with Crippen molar-refractivity contribution < 1.29 is 9.47 Å². The molecular weight excluding hydrogens is 238 g/mol. The normalized spacial score (nSPS) is 24.4. The molecule has 1 aliphatic heterocycles. The Bertz CT molecular complexity index is 382. The Morgan fingerprint density at radius 1 is 1.32 bits per heavy atom. The lowest BCUT2D eigenvalue weighted by molar-refractivity contribution is -0.0121. The molecule has 19 heavy (non-hydrogen) atoms. The van der Waals surface area contributed by atoms with Gasteiger partial charge >= 0.3 is 0 Å². The SMILES string of the molecule is CCNC(c1ccc(OCC)cc1)C1(C)CCCO1. The number of hydrogen-bond donors (Lipinski definition) is 1. The molecule has 0 amide bonds. The highest BCUT2D eigenvalue weighted by molar-refractivity contribution is 5.31. The van der Waals surface area contributed by atoms with E-state index >= 15 is 0 Å². The lowest BCUT2D eigenvalue weighted by atomic mass is 9.87. The Morgan fingerprint density at radius 2 is 2.05 bits per heavy atom. The molecule has 1 N–H and O–H groups in total. The van der Waals surface area contributed by atoms with Crippen LogP contribution < -0.4 is 10.1 Å². The maximum Gasteiger partial charge on any atom is 0.119 e. The van der Waals surface area contributed by atoms with E-state index in [9.17, 15) is 0 Å². The molecule has 0 aromatic heterocycles. The smallest absolute Gasteiger partial charge is 0.119 e. The van der Waals surface area contributed by atoms with Gasteiger partial charge in [0, 0.05) is 6.61 Å². The molecule has 2 rings (SSSR count). The van der Waals surface area contributed by atoms with Crippen LogP contribution in [0.4, 0.5) is 0 Å². The van der Waals surface area contributed by atoms with E-state index in [4.69, 9.17) is 9.47 Å². The predicted molar refractivity (Wildman–Crippen MR) is 77.6 cm³/mol. The van der Waals surface area contributed by atoms with E-state index in [0.29, 0.717) is 6.61 Å². The van der Waals surface area contributed by atoms with Gasteiger partial charge in [0.05, 0.1) is 18.2 Å². The average Bonchev–Trinajstić information content (AvgIpc) is 2.85. The quantitative estimate of drug-likeness (QED) is 0.854. The number of likely N-dealkylation sites (N-methyl/N-ethyl adjacent to an activating group) is 1. The summed E-state index contributed by atoms with van der Waals surface area (Å²) < 4.78 is 11.5. The minimum Gasteiger partial charge on any atom is -0.494 e. The molecule has 0 spiro atoms. The van der Waals surface area contributed by atoms with E-state index < -0.39 is 0 Å². The lowest BCUT2D eigenvalue weighted by Crippen LogP contribution is -2.41. The minimum atomic E-state index is -0.0941. The number of nitrogens with one attached hydrogen (secondary N) is 1. The lowest BCUT2D eigenvalue weighted by Gasteiger charge is -2.34.